The number of H-pyrrole nitrogens is 1. The van der Waals surface area contributed by atoms with Crippen molar-refractivity contribution in [2.24, 2.45) is 0 Å². The van der Waals surface area contributed by atoms with Crippen LogP contribution in [0.5, 0.6) is 0 Å². The number of hydrogen-bond donors (Lipinski definition) is 1. The molecule has 0 radical (unpaired) electrons. The highest BCUT2D eigenvalue weighted by Crippen LogP contribution is 2.48. The Hall–Kier alpha value is -3.62. The van der Waals surface area contributed by atoms with Gasteiger partial charge in [-0.3, -0.25) is 4.57 Å². The number of aryl methyl sites for hydroxylation is 1. The van der Waals surface area contributed by atoms with Gasteiger partial charge < -0.3 is 9.55 Å². The van der Waals surface area contributed by atoms with E-state index in [2.05, 4.69) is 90.9 Å². The highest BCUT2D eigenvalue weighted by Gasteiger charge is 2.28. The van der Waals surface area contributed by atoms with Crippen LogP contribution in [0.25, 0.3) is 44.5 Å². The average Bonchev–Trinajstić information content (AvgIpc) is 3.62. The third-order valence-electron chi connectivity index (χ3n) is 5.72. The number of thiophene rings is 2. The van der Waals surface area contributed by atoms with Crippen molar-refractivity contribution in [3.8, 4) is 44.5 Å². The predicted molar refractivity (Wildman–Crippen MR) is 129 cm³/mol. The van der Waals surface area contributed by atoms with Crippen LogP contribution in [0.15, 0.2) is 75.8 Å². The molecule has 8 heteroatoms. The molecule has 0 spiro atoms. The average molecular weight is 458 g/mol. The highest BCUT2D eigenvalue weighted by molar-refractivity contribution is 7.14. The quantitative estimate of drug-likeness (QED) is 0.312. The standard InChI is InChI=1S/C24H19N5OS2/c1-15-5-4-10-28(15)22-16(2)29(20-6-3-9-25-20)23(21(22)17-7-11-31-14-17)24-18(8-12-32-24)19-13-26-30-27-19/h3-14,25H,1-2H3. The Kier molecular flexibility index (Phi) is 4.48. The third kappa shape index (κ3) is 2.84. The van der Waals surface area contributed by atoms with Crippen LogP contribution in [0.2, 0.25) is 0 Å². The molecule has 6 aromatic rings. The van der Waals surface area contributed by atoms with E-state index in [4.69, 9.17) is 4.63 Å². The minimum atomic E-state index is 0.730. The van der Waals surface area contributed by atoms with Gasteiger partial charge in [-0.1, -0.05) is 5.16 Å². The zero-order chi connectivity index (χ0) is 21.7. The first-order valence-corrected chi connectivity index (χ1v) is 12.0. The van der Waals surface area contributed by atoms with Gasteiger partial charge >= 0.3 is 0 Å². The van der Waals surface area contributed by atoms with E-state index in [1.165, 1.54) is 22.5 Å². The van der Waals surface area contributed by atoms with E-state index in [1.807, 2.05) is 12.3 Å². The van der Waals surface area contributed by atoms with Gasteiger partial charge in [-0.05, 0) is 77.1 Å². The molecule has 6 heterocycles. The second kappa shape index (κ2) is 7.51. The molecule has 6 nitrogen and oxygen atoms in total. The molecule has 1 N–H and O–H groups in total. The first-order chi connectivity index (χ1) is 15.7. The topological polar surface area (TPSA) is 64.6 Å². The van der Waals surface area contributed by atoms with Crippen molar-refractivity contribution in [1.82, 2.24) is 24.4 Å². The normalized spacial score (nSPS) is 11.4. The summed E-state index contributed by atoms with van der Waals surface area (Å²) in [6, 6.07) is 12.6. The predicted octanol–water partition coefficient (Wildman–Crippen LogP) is 6.72. The van der Waals surface area contributed by atoms with Crippen molar-refractivity contribution < 1.29 is 4.63 Å². The summed E-state index contributed by atoms with van der Waals surface area (Å²) >= 11 is 3.40. The summed E-state index contributed by atoms with van der Waals surface area (Å²) in [7, 11) is 0. The van der Waals surface area contributed by atoms with Gasteiger partial charge in [0, 0.05) is 34.9 Å². The Morgan fingerprint density at radius 3 is 2.69 bits per heavy atom. The van der Waals surface area contributed by atoms with E-state index in [0.29, 0.717) is 0 Å². The number of rotatable bonds is 5. The molecule has 158 valence electrons. The minimum Gasteiger partial charge on any atom is -0.348 e. The van der Waals surface area contributed by atoms with E-state index >= 15 is 0 Å². The Labute approximate surface area is 192 Å². The fourth-order valence-corrected chi connectivity index (χ4v) is 5.92. The van der Waals surface area contributed by atoms with Gasteiger partial charge in [0.2, 0.25) is 0 Å². The molecule has 6 aromatic heterocycles. The molecule has 0 saturated carbocycles. The molecule has 0 aliphatic rings. The first-order valence-electron chi connectivity index (χ1n) is 10.2. The Morgan fingerprint density at radius 1 is 1.06 bits per heavy atom. The van der Waals surface area contributed by atoms with Crippen LogP contribution in [0.4, 0.5) is 0 Å². The van der Waals surface area contributed by atoms with E-state index in [-0.39, 0.29) is 0 Å². The second-order valence-corrected chi connectivity index (χ2v) is 9.23. The largest absolute Gasteiger partial charge is 0.348 e. The van der Waals surface area contributed by atoms with Crippen molar-refractivity contribution in [3.05, 3.63) is 82.5 Å². The van der Waals surface area contributed by atoms with Crippen molar-refractivity contribution >= 4 is 22.7 Å². The number of aromatic nitrogens is 5. The van der Waals surface area contributed by atoms with Crippen molar-refractivity contribution in [3.63, 3.8) is 0 Å². The lowest BCUT2D eigenvalue weighted by Crippen LogP contribution is -2.01. The van der Waals surface area contributed by atoms with Crippen LogP contribution in [-0.4, -0.2) is 24.4 Å². The van der Waals surface area contributed by atoms with E-state index in [9.17, 15) is 0 Å². The minimum absolute atomic E-state index is 0.730. The molecule has 0 atom stereocenters. The molecule has 0 unspecified atom stereocenters. The Bertz CT molecular complexity index is 1480. The van der Waals surface area contributed by atoms with Gasteiger partial charge in [0.1, 0.15) is 11.5 Å². The van der Waals surface area contributed by atoms with E-state index in [0.717, 1.165) is 33.3 Å². The number of nitrogens with zero attached hydrogens (tertiary/aromatic N) is 4. The van der Waals surface area contributed by atoms with Crippen LogP contribution >= 0.6 is 22.7 Å². The second-order valence-electron chi connectivity index (χ2n) is 7.54. The van der Waals surface area contributed by atoms with Crippen LogP contribution < -0.4 is 0 Å². The summed E-state index contributed by atoms with van der Waals surface area (Å²) in [5.41, 5.74) is 8.76. The Morgan fingerprint density at radius 2 is 2.00 bits per heavy atom. The Balaban J connectivity index is 1.77. The maximum atomic E-state index is 4.93. The van der Waals surface area contributed by atoms with Crippen molar-refractivity contribution in [2.75, 3.05) is 0 Å². The molecule has 0 fully saturated rings. The summed E-state index contributed by atoms with van der Waals surface area (Å²) in [6.07, 6.45) is 5.76. The van der Waals surface area contributed by atoms with E-state index < -0.39 is 0 Å². The molecule has 32 heavy (non-hydrogen) atoms. The summed E-state index contributed by atoms with van der Waals surface area (Å²) in [5.74, 6) is 1.02. The van der Waals surface area contributed by atoms with Gasteiger partial charge in [-0.25, -0.2) is 4.63 Å². The van der Waals surface area contributed by atoms with Crippen LogP contribution in [0.3, 0.4) is 0 Å². The lowest BCUT2D eigenvalue weighted by Gasteiger charge is -2.11. The monoisotopic (exact) mass is 457 g/mol. The molecule has 0 aliphatic heterocycles. The maximum Gasteiger partial charge on any atom is 0.136 e. The maximum absolute atomic E-state index is 4.93. The van der Waals surface area contributed by atoms with Gasteiger partial charge in [-0.15, -0.1) is 11.3 Å². The molecular weight excluding hydrogens is 438 g/mol. The summed E-state index contributed by atoms with van der Waals surface area (Å²) in [6.45, 7) is 4.32. The molecule has 0 saturated heterocycles. The zero-order valence-electron chi connectivity index (χ0n) is 17.4. The number of nitrogens with one attached hydrogen (secondary N) is 1. The summed E-state index contributed by atoms with van der Waals surface area (Å²) in [5, 5.41) is 14.4. The fourth-order valence-electron chi connectivity index (χ4n) is 4.32. The van der Waals surface area contributed by atoms with Crippen LogP contribution in [-0.2, 0) is 0 Å². The molecular formula is C24H19N5OS2. The van der Waals surface area contributed by atoms with Gasteiger partial charge in [0.25, 0.3) is 0 Å². The molecule has 0 aliphatic carbocycles. The van der Waals surface area contributed by atoms with Gasteiger partial charge in [-0.2, -0.15) is 11.3 Å². The molecule has 6 rings (SSSR count). The molecule has 0 bridgehead atoms. The fraction of sp³-hybridized carbons (Fsp3) is 0.0833. The third-order valence-corrected chi connectivity index (χ3v) is 7.32. The zero-order valence-corrected chi connectivity index (χ0v) is 19.1. The summed E-state index contributed by atoms with van der Waals surface area (Å²) < 4.78 is 9.51. The van der Waals surface area contributed by atoms with E-state index in [1.54, 1.807) is 28.9 Å². The molecule has 0 aromatic carbocycles. The van der Waals surface area contributed by atoms with Crippen molar-refractivity contribution in [2.45, 2.75) is 13.8 Å². The van der Waals surface area contributed by atoms with Crippen LogP contribution in [0, 0.1) is 13.8 Å². The number of aromatic amines is 1. The van der Waals surface area contributed by atoms with Crippen LogP contribution in [0.1, 0.15) is 11.4 Å². The molecule has 0 amide bonds. The number of hydrogen-bond acceptors (Lipinski definition) is 5. The highest BCUT2D eigenvalue weighted by atomic mass is 32.1. The first kappa shape index (κ1) is 19.1. The SMILES string of the molecule is Cc1cccn1-c1c(-c2ccsc2)c(-c2sccc2-c2cnon2)n(-c2ccc[nH]2)c1C. The smallest absolute Gasteiger partial charge is 0.136 e. The van der Waals surface area contributed by atoms with Crippen molar-refractivity contribution in [1.29, 1.82) is 0 Å². The summed E-state index contributed by atoms with van der Waals surface area (Å²) in [4.78, 5) is 4.53. The lowest BCUT2D eigenvalue weighted by atomic mass is 10.0. The van der Waals surface area contributed by atoms with Gasteiger partial charge in [0.15, 0.2) is 0 Å². The lowest BCUT2D eigenvalue weighted by molar-refractivity contribution is 0.308. The van der Waals surface area contributed by atoms with Gasteiger partial charge in [0.05, 0.1) is 22.5 Å².